The van der Waals surface area contributed by atoms with Gasteiger partial charge in [-0.15, -0.1) is 11.3 Å². The van der Waals surface area contributed by atoms with Crippen molar-refractivity contribution in [2.24, 2.45) is 11.8 Å². The van der Waals surface area contributed by atoms with Gasteiger partial charge in [-0.2, -0.15) is 0 Å². The number of rotatable bonds is 1. The summed E-state index contributed by atoms with van der Waals surface area (Å²) in [6.07, 6.45) is 2.32. The van der Waals surface area contributed by atoms with Gasteiger partial charge in [0.05, 0.1) is 4.88 Å². The van der Waals surface area contributed by atoms with Crippen molar-refractivity contribution in [3.63, 3.8) is 0 Å². The zero-order valence-corrected chi connectivity index (χ0v) is 12.6. The van der Waals surface area contributed by atoms with Crippen LogP contribution in [0.15, 0.2) is 6.07 Å². The molecule has 2 aliphatic heterocycles. The van der Waals surface area contributed by atoms with Gasteiger partial charge in [0.25, 0.3) is 5.91 Å². The van der Waals surface area contributed by atoms with Crippen LogP contribution in [0.1, 0.15) is 33.0 Å². The van der Waals surface area contributed by atoms with E-state index in [-0.39, 0.29) is 5.91 Å². The zero-order chi connectivity index (χ0) is 13.4. The third kappa shape index (κ3) is 2.56. The Labute approximate surface area is 119 Å². The lowest BCUT2D eigenvalue weighted by Crippen LogP contribution is -2.32. The van der Waals surface area contributed by atoms with E-state index in [9.17, 15) is 4.79 Å². The molecule has 0 unspecified atom stereocenters. The molecule has 3 nitrogen and oxygen atoms in total. The Morgan fingerprint density at radius 2 is 1.89 bits per heavy atom. The van der Waals surface area contributed by atoms with Crippen molar-refractivity contribution in [1.29, 1.82) is 0 Å². The SMILES string of the molecule is Cc1cc(C(=O)N2CC[C@@H]3CNC[C@@H]3CC2)sc1C. The highest BCUT2D eigenvalue weighted by atomic mass is 32.1. The van der Waals surface area contributed by atoms with Gasteiger partial charge in [0, 0.05) is 18.0 Å². The van der Waals surface area contributed by atoms with Crippen LogP contribution in [0.5, 0.6) is 0 Å². The predicted molar refractivity (Wildman–Crippen MR) is 78.8 cm³/mol. The van der Waals surface area contributed by atoms with Crippen molar-refractivity contribution in [3.8, 4) is 0 Å². The number of carbonyl (C=O) groups is 1. The highest BCUT2D eigenvalue weighted by Gasteiger charge is 2.31. The molecule has 1 aromatic heterocycles. The second-order valence-electron chi connectivity index (χ2n) is 5.90. The molecule has 104 valence electrons. The Morgan fingerprint density at radius 3 is 2.42 bits per heavy atom. The van der Waals surface area contributed by atoms with E-state index in [1.807, 2.05) is 0 Å². The first-order valence-corrected chi connectivity index (χ1v) is 8.04. The lowest BCUT2D eigenvalue weighted by atomic mass is 9.92. The van der Waals surface area contributed by atoms with Crippen molar-refractivity contribution in [2.45, 2.75) is 26.7 Å². The van der Waals surface area contributed by atoms with Gasteiger partial charge in [0.2, 0.25) is 0 Å². The summed E-state index contributed by atoms with van der Waals surface area (Å²) < 4.78 is 0. The van der Waals surface area contributed by atoms with E-state index in [4.69, 9.17) is 0 Å². The highest BCUT2D eigenvalue weighted by Crippen LogP contribution is 2.29. The molecule has 0 saturated carbocycles. The summed E-state index contributed by atoms with van der Waals surface area (Å²) in [5, 5.41) is 3.48. The molecule has 1 N–H and O–H groups in total. The summed E-state index contributed by atoms with van der Waals surface area (Å²) in [7, 11) is 0. The number of hydrogen-bond donors (Lipinski definition) is 1. The monoisotopic (exact) mass is 278 g/mol. The second kappa shape index (κ2) is 5.25. The summed E-state index contributed by atoms with van der Waals surface area (Å²) >= 11 is 1.64. The average molecular weight is 278 g/mol. The number of carbonyl (C=O) groups excluding carboxylic acids is 1. The van der Waals surface area contributed by atoms with Gasteiger partial charge >= 0.3 is 0 Å². The second-order valence-corrected chi connectivity index (χ2v) is 7.15. The molecule has 0 aliphatic carbocycles. The van der Waals surface area contributed by atoms with Crippen molar-refractivity contribution in [3.05, 3.63) is 21.4 Å². The van der Waals surface area contributed by atoms with Crippen LogP contribution in [0.25, 0.3) is 0 Å². The highest BCUT2D eigenvalue weighted by molar-refractivity contribution is 7.14. The number of aryl methyl sites for hydroxylation is 2. The standard InChI is InChI=1S/C15H22N2OS/c1-10-7-14(19-11(10)2)15(18)17-5-3-12-8-16-9-13(12)4-6-17/h7,12-13,16H,3-6,8-9H2,1-2H3/t12-,13+. The first-order valence-electron chi connectivity index (χ1n) is 7.22. The normalized spacial score (nSPS) is 27.2. The maximum absolute atomic E-state index is 12.6. The van der Waals surface area contributed by atoms with Crippen molar-refractivity contribution < 1.29 is 4.79 Å². The topological polar surface area (TPSA) is 32.3 Å². The molecule has 2 aliphatic rings. The van der Waals surface area contributed by atoms with Gasteiger partial charge in [-0.05, 0) is 63.2 Å². The van der Waals surface area contributed by atoms with Crippen LogP contribution in [0.3, 0.4) is 0 Å². The van der Waals surface area contributed by atoms with Crippen molar-refractivity contribution >= 4 is 17.2 Å². The zero-order valence-electron chi connectivity index (χ0n) is 11.7. The van der Waals surface area contributed by atoms with Gasteiger partial charge in [-0.3, -0.25) is 4.79 Å². The smallest absolute Gasteiger partial charge is 0.263 e. The summed E-state index contributed by atoms with van der Waals surface area (Å²) in [6.45, 7) is 8.32. The van der Waals surface area contributed by atoms with Crippen LogP contribution in [-0.2, 0) is 0 Å². The number of likely N-dealkylation sites (tertiary alicyclic amines) is 1. The Morgan fingerprint density at radius 1 is 1.26 bits per heavy atom. The number of nitrogens with one attached hydrogen (secondary N) is 1. The molecule has 0 spiro atoms. The van der Waals surface area contributed by atoms with Gasteiger partial charge in [-0.25, -0.2) is 0 Å². The number of nitrogens with zero attached hydrogens (tertiary/aromatic N) is 1. The van der Waals surface area contributed by atoms with E-state index in [1.54, 1.807) is 11.3 Å². The lowest BCUT2D eigenvalue weighted by molar-refractivity contribution is 0.0763. The molecule has 2 saturated heterocycles. The van der Waals surface area contributed by atoms with E-state index < -0.39 is 0 Å². The summed E-state index contributed by atoms with van der Waals surface area (Å²) in [4.78, 5) is 16.8. The molecule has 0 bridgehead atoms. The molecule has 0 radical (unpaired) electrons. The first-order chi connectivity index (χ1) is 9.15. The summed E-state index contributed by atoms with van der Waals surface area (Å²) in [5.41, 5.74) is 1.24. The number of amides is 1. The number of hydrogen-bond acceptors (Lipinski definition) is 3. The van der Waals surface area contributed by atoms with Crippen LogP contribution < -0.4 is 5.32 Å². The molecule has 2 fully saturated rings. The third-order valence-corrected chi connectivity index (χ3v) is 5.82. The molecule has 3 rings (SSSR count). The predicted octanol–water partition coefficient (Wildman–Crippen LogP) is 2.44. The van der Waals surface area contributed by atoms with E-state index in [1.165, 1.54) is 10.4 Å². The van der Waals surface area contributed by atoms with Crippen LogP contribution in [0, 0.1) is 25.7 Å². The minimum Gasteiger partial charge on any atom is -0.338 e. The molecule has 19 heavy (non-hydrogen) atoms. The van der Waals surface area contributed by atoms with Gasteiger partial charge in [-0.1, -0.05) is 0 Å². The molecular formula is C15H22N2OS. The molecule has 4 heteroatoms. The molecule has 2 atom stereocenters. The first kappa shape index (κ1) is 13.1. The van der Waals surface area contributed by atoms with Gasteiger partial charge in [0.15, 0.2) is 0 Å². The molecule has 3 heterocycles. The Kier molecular flexibility index (Phi) is 3.63. The van der Waals surface area contributed by atoms with E-state index >= 15 is 0 Å². The van der Waals surface area contributed by atoms with Crippen LogP contribution in [0.4, 0.5) is 0 Å². The van der Waals surface area contributed by atoms with E-state index in [0.717, 1.165) is 55.7 Å². The quantitative estimate of drug-likeness (QED) is 0.856. The maximum Gasteiger partial charge on any atom is 0.263 e. The Bertz CT molecular complexity index is 449. The minimum absolute atomic E-state index is 0.245. The van der Waals surface area contributed by atoms with Crippen LogP contribution in [-0.4, -0.2) is 37.0 Å². The molecule has 0 aromatic carbocycles. The fourth-order valence-corrected chi connectivity index (χ4v) is 4.26. The van der Waals surface area contributed by atoms with Crippen molar-refractivity contribution in [1.82, 2.24) is 10.2 Å². The largest absolute Gasteiger partial charge is 0.338 e. The molecule has 1 aromatic rings. The average Bonchev–Trinajstić information content (AvgIpc) is 2.91. The third-order valence-electron chi connectivity index (χ3n) is 4.68. The fraction of sp³-hybridized carbons (Fsp3) is 0.667. The minimum atomic E-state index is 0.245. The lowest BCUT2D eigenvalue weighted by Gasteiger charge is -2.20. The Balaban J connectivity index is 1.70. The van der Waals surface area contributed by atoms with Gasteiger partial charge in [0.1, 0.15) is 0 Å². The van der Waals surface area contributed by atoms with E-state index in [2.05, 4.69) is 30.1 Å². The maximum atomic E-state index is 12.6. The van der Waals surface area contributed by atoms with Crippen molar-refractivity contribution in [2.75, 3.05) is 26.2 Å². The summed E-state index contributed by atoms with van der Waals surface area (Å²) in [6, 6.07) is 2.05. The molecular weight excluding hydrogens is 256 g/mol. The van der Waals surface area contributed by atoms with E-state index in [0.29, 0.717) is 0 Å². The van der Waals surface area contributed by atoms with Gasteiger partial charge < -0.3 is 10.2 Å². The number of thiophene rings is 1. The fourth-order valence-electron chi connectivity index (χ4n) is 3.26. The molecule has 1 amide bonds. The Hall–Kier alpha value is -0.870. The van der Waals surface area contributed by atoms with Crippen LogP contribution in [0.2, 0.25) is 0 Å². The van der Waals surface area contributed by atoms with Crippen LogP contribution >= 0.6 is 11.3 Å². The summed E-state index contributed by atoms with van der Waals surface area (Å²) in [5.74, 6) is 1.81. The number of fused-ring (bicyclic) bond motifs is 1.